The molecule has 2 rings (SSSR count). The zero-order valence-electron chi connectivity index (χ0n) is 9.27. The lowest BCUT2D eigenvalue weighted by Crippen LogP contribution is -2.07. The fourth-order valence-corrected chi connectivity index (χ4v) is 2.31. The van der Waals surface area contributed by atoms with Gasteiger partial charge in [-0.2, -0.15) is 4.37 Å². The Bertz CT molecular complexity index is 505. The first-order valence-corrected chi connectivity index (χ1v) is 5.91. The fourth-order valence-electron chi connectivity index (χ4n) is 1.50. The maximum absolute atomic E-state index is 11.0. The van der Waals surface area contributed by atoms with Crippen molar-refractivity contribution in [3.05, 3.63) is 35.4 Å². The normalized spacial score (nSPS) is 10.4. The van der Waals surface area contributed by atoms with E-state index in [1.165, 1.54) is 11.5 Å². The van der Waals surface area contributed by atoms with Gasteiger partial charge < -0.3 is 14.8 Å². The molecule has 90 valence electrons. The molecule has 2 aromatic heterocycles. The lowest BCUT2D eigenvalue weighted by Gasteiger charge is -2.03. The lowest BCUT2D eigenvalue weighted by molar-refractivity contribution is 0.0697. The number of carboxylic acid groups (broad SMARTS) is 1. The van der Waals surface area contributed by atoms with E-state index in [1.54, 1.807) is 13.2 Å². The Kier molecular flexibility index (Phi) is 3.43. The van der Waals surface area contributed by atoms with Crippen LogP contribution in [0.15, 0.2) is 22.8 Å². The molecule has 17 heavy (non-hydrogen) atoms. The van der Waals surface area contributed by atoms with Crippen LogP contribution in [0.3, 0.4) is 0 Å². The van der Waals surface area contributed by atoms with E-state index in [4.69, 9.17) is 9.52 Å². The lowest BCUT2D eigenvalue weighted by atomic mass is 10.2. The molecule has 0 saturated carbocycles. The largest absolute Gasteiger partial charge is 0.478 e. The molecule has 0 unspecified atom stereocenters. The Hall–Kier alpha value is -1.82. The van der Waals surface area contributed by atoms with Crippen LogP contribution in [0.4, 0.5) is 5.00 Å². The quantitative estimate of drug-likeness (QED) is 0.854. The van der Waals surface area contributed by atoms with Crippen LogP contribution in [-0.4, -0.2) is 22.0 Å². The van der Waals surface area contributed by atoms with Gasteiger partial charge in [0.2, 0.25) is 0 Å². The minimum absolute atomic E-state index is 0.259. The zero-order valence-corrected chi connectivity index (χ0v) is 10.1. The Morgan fingerprint density at radius 1 is 1.65 bits per heavy atom. The van der Waals surface area contributed by atoms with Crippen LogP contribution in [-0.2, 0) is 6.42 Å². The van der Waals surface area contributed by atoms with Gasteiger partial charge in [0.1, 0.15) is 16.3 Å². The third-order valence-electron chi connectivity index (χ3n) is 2.31. The fraction of sp³-hybridized carbons (Fsp3) is 0.273. The van der Waals surface area contributed by atoms with Crippen LogP contribution >= 0.6 is 11.5 Å². The summed E-state index contributed by atoms with van der Waals surface area (Å²) in [4.78, 5) is 11.0. The van der Waals surface area contributed by atoms with Gasteiger partial charge in [0.15, 0.2) is 0 Å². The first-order valence-electron chi connectivity index (χ1n) is 5.14. The number of nitrogens with one attached hydrogen (secondary N) is 1. The Morgan fingerprint density at radius 2 is 2.47 bits per heavy atom. The molecular weight excluding hydrogens is 240 g/mol. The first-order chi connectivity index (χ1) is 8.18. The number of anilines is 1. The number of rotatable bonds is 5. The van der Waals surface area contributed by atoms with Gasteiger partial charge in [0.05, 0.1) is 12.0 Å². The molecule has 0 aromatic carbocycles. The van der Waals surface area contributed by atoms with Crippen LogP contribution in [0.25, 0.3) is 0 Å². The highest BCUT2D eigenvalue weighted by Crippen LogP contribution is 2.24. The Labute approximate surface area is 102 Å². The summed E-state index contributed by atoms with van der Waals surface area (Å²) in [6.45, 7) is 2.31. The van der Waals surface area contributed by atoms with Crippen molar-refractivity contribution in [3.63, 3.8) is 0 Å². The second kappa shape index (κ2) is 5.01. The van der Waals surface area contributed by atoms with E-state index < -0.39 is 5.97 Å². The van der Waals surface area contributed by atoms with Crippen molar-refractivity contribution in [2.24, 2.45) is 0 Å². The Morgan fingerprint density at radius 3 is 3.12 bits per heavy atom. The van der Waals surface area contributed by atoms with Crippen LogP contribution in [0, 0.1) is 6.92 Å². The second-order valence-electron chi connectivity index (χ2n) is 3.53. The minimum atomic E-state index is -0.947. The molecule has 2 N–H and O–H groups in total. The summed E-state index contributed by atoms with van der Waals surface area (Å²) in [5, 5.41) is 12.7. The molecule has 5 nitrogen and oxygen atoms in total. The predicted octanol–water partition coefficient (Wildman–Crippen LogP) is 2.40. The molecule has 0 aliphatic rings. The van der Waals surface area contributed by atoms with Gasteiger partial charge in [-0.15, -0.1) is 0 Å². The number of carbonyl (C=O) groups is 1. The van der Waals surface area contributed by atoms with E-state index in [-0.39, 0.29) is 5.56 Å². The summed E-state index contributed by atoms with van der Waals surface area (Å²) >= 11 is 1.17. The maximum atomic E-state index is 11.0. The molecule has 0 aliphatic carbocycles. The third kappa shape index (κ3) is 2.65. The van der Waals surface area contributed by atoms with Gasteiger partial charge in [-0.3, -0.25) is 0 Å². The second-order valence-corrected chi connectivity index (χ2v) is 4.31. The number of aromatic carboxylic acids is 1. The number of furan rings is 1. The van der Waals surface area contributed by atoms with Crippen molar-refractivity contribution in [1.82, 2.24) is 4.37 Å². The number of aromatic nitrogens is 1. The summed E-state index contributed by atoms with van der Waals surface area (Å²) in [5.74, 6) is -0.0765. The van der Waals surface area contributed by atoms with Crippen LogP contribution in [0.1, 0.15) is 21.8 Å². The van der Waals surface area contributed by atoms with E-state index in [0.717, 1.165) is 5.76 Å². The molecular formula is C11H12N2O3S. The zero-order chi connectivity index (χ0) is 12.3. The average molecular weight is 252 g/mol. The van der Waals surface area contributed by atoms with Crippen molar-refractivity contribution in [3.8, 4) is 0 Å². The molecule has 6 heteroatoms. The van der Waals surface area contributed by atoms with Crippen LogP contribution < -0.4 is 5.32 Å². The van der Waals surface area contributed by atoms with Crippen molar-refractivity contribution >= 4 is 22.5 Å². The van der Waals surface area contributed by atoms with E-state index in [2.05, 4.69) is 9.69 Å². The minimum Gasteiger partial charge on any atom is -0.478 e. The number of aryl methyl sites for hydroxylation is 1. The number of carboxylic acids is 1. The van der Waals surface area contributed by atoms with Crippen molar-refractivity contribution < 1.29 is 14.3 Å². The Balaban J connectivity index is 1.97. The van der Waals surface area contributed by atoms with E-state index in [0.29, 0.717) is 23.7 Å². The van der Waals surface area contributed by atoms with E-state index in [9.17, 15) is 4.79 Å². The van der Waals surface area contributed by atoms with Crippen molar-refractivity contribution in [1.29, 1.82) is 0 Å². The number of nitrogens with zero attached hydrogens (tertiary/aromatic N) is 1. The van der Waals surface area contributed by atoms with Gasteiger partial charge in [0.25, 0.3) is 0 Å². The SMILES string of the molecule is Cc1nsc(NCCc2ccco2)c1C(=O)O. The smallest absolute Gasteiger partial charge is 0.340 e. The van der Waals surface area contributed by atoms with Crippen molar-refractivity contribution in [2.45, 2.75) is 13.3 Å². The van der Waals surface area contributed by atoms with Gasteiger partial charge in [-0.25, -0.2) is 4.79 Å². The monoisotopic (exact) mass is 252 g/mol. The van der Waals surface area contributed by atoms with Gasteiger partial charge in [-0.05, 0) is 30.6 Å². The summed E-state index contributed by atoms with van der Waals surface area (Å²) in [6, 6.07) is 3.71. The predicted molar refractivity (Wildman–Crippen MR) is 64.7 cm³/mol. The highest BCUT2D eigenvalue weighted by atomic mass is 32.1. The molecule has 2 aromatic rings. The molecule has 0 bridgehead atoms. The third-order valence-corrected chi connectivity index (χ3v) is 3.21. The highest BCUT2D eigenvalue weighted by molar-refractivity contribution is 7.10. The number of hydrogen-bond acceptors (Lipinski definition) is 5. The summed E-state index contributed by atoms with van der Waals surface area (Å²) in [5.41, 5.74) is 0.803. The van der Waals surface area contributed by atoms with Gasteiger partial charge in [-0.1, -0.05) is 0 Å². The molecule has 0 fully saturated rings. The topological polar surface area (TPSA) is 75.4 Å². The van der Waals surface area contributed by atoms with Crippen molar-refractivity contribution in [2.75, 3.05) is 11.9 Å². The molecule has 0 amide bonds. The molecule has 0 aliphatic heterocycles. The highest BCUT2D eigenvalue weighted by Gasteiger charge is 2.16. The van der Waals surface area contributed by atoms with E-state index in [1.807, 2.05) is 12.1 Å². The van der Waals surface area contributed by atoms with Gasteiger partial charge in [0, 0.05) is 13.0 Å². The first kappa shape index (κ1) is 11.7. The molecule has 0 spiro atoms. The molecule has 2 heterocycles. The summed E-state index contributed by atoms with van der Waals surface area (Å²) in [6.07, 6.45) is 2.33. The molecule has 0 radical (unpaired) electrons. The van der Waals surface area contributed by atoms with Gasteiger partial charge >= 0.3 is 5.97 Å². The maximum Gasteiger partial charge on any atom is 0.340 e. The average Bonchev–Trinajstić information content (AvgIpc) is 2.88. The standard InChI is InChI=1S/C11H12N2O3S/c1-7-9(11(14)15)10(17-13-7)12-5-4-8-3-2-6-16-8/h2-3,6,12H,4-5H2,1H3,(H,14,15). The van der Waals surface area contributed by atoms with Crippen LogP contribution in [0.2, 0.25) is 0 Å². The van der Waals surface area contributed by atoms with Crippen LogP contribution in [0.5, 0.6) is 0 Å². The summed E-state index contributed by atoms with van der Waals surface area (Å²) < 4.78 is 9.21. The summed E-state index contributed by atoms with van der Waals surface area (Å²) in [7, 11) is 0. The number of hydrogen-bond donors (Lipinski definition) is 2. The molecule has 0 atom stereocenters. The molecule has 0 saturated heterocycles. The van der Waals surface area contributed by atoms with E-state index >= 15 is 0 Å².